The second kappa shape index (κ2) is 6.06. The third kappa shape index (κ3) is 3.14. The first-order chi connectivity index (χ1) is 10.1. The van der Waals surface area contributed by atoms with Gasteiger partial charge in [0.05, 0.1) is 23.1 Å². The predicted molar refractivity (Wildman–Crippen MR) is 101 cm³/mol. The molecule has 1 aliphatic rings. The van der Waals surface area contributed by atoms with E-state index in [0.29, 0.717) is 12.0 Å². The summed E-state index contributed by atoms with van der Waals surface area (Å²) in [4.78, 5) is 3.24. The van der Waals surface area contributed by atoms with Crippen LogP contribution >= 0.6 is 12.2 Å². The van der Waals surface area contributed by atoms with Gasteiger partial charge in [-0.1, -0.05) is 63.3 Å². The molecule has 22 heavy (non-hydrogen) atoms. The Balaban J connectivity index is 2.18. The molecule has 2 nitrogen and oxygen atoms in total. The average Bonchev–Trinajstić information content (AvgIpc) is 2.42. The maximum atomic E-state index is 6.60. The normalized spacial score (nSPS) is 24.1. The van der Waals surface area contributed by atoms with Gasteiger partial charge in [0, 0.05) is 7.05 Å². The lowest BCUT2D eigenvalue weighted by atomic mass is 9.80. The van der Waals surface area contributed by atoms with Gasteiger partial charge < -0.3 is 9.33 Å². The van der Waals surface area contributed by atoms with Crippen LogP contribution in [-0.2, 0) is 4.43 Å². The highest BCUT2D eigenvalue weighted by molar-refractivity contribution is 7.80. The van der Waals surface area contributed by atoms with E-state index in [1.165, 1.54) is 5.56 Å². The predicted octanol–water partition coefficient (Wildman–Crippen LogP) is 5.03. The highest BCUT2D eigenvalue weighted by atomic mass is 32.1. The third-order valence-electron chi connectivity index (χ3n) is 5.32. The van der Waals surface area contributed by atoms with Gasteiger partial charge in [0.25, 0.3) is 0 Å². The first-order valence-corrected chi connectivity index (χ1v) is 11.4. The van der Waals surface area contributed by atoms with E-state index in [1.54, 1.807) is 0 Å². The number of benzene rings is 1. The van der Waals surface area contributed by atoms with Crippen LogP contribution < -0.4 is 0 Å². The van der Waals surface area contributed by atoms with Crippen LogP contribution in [0.25, 0.3) is 0 Å². The number of thiocarbonyl (C=S) groups is 1. The van der Waals surface area contributed by atoms with Crippen molar-refractivity contribution in [2.24, 2.45) is 5.92 Å². The molecule has 1 saturated heterocycles. The fraction of sp³-hybridized carbons (Fsp3) is 0.611. The molecule has 0 aromatic heterocycles. The van der Waals surface area contributed by atoms with Crippen LogP contribution in [0.15, 0.2) is 30.3 Å². The molecule has 1 heterocycles. The summed E-state index contributed by atoms with van der Waals surface area (Å²) in [5, 5.41) is 0.223. The van der Waals surface area contributed by atoms with E-state index in [9.17, 15) is 0 Å². The van der Waals surface area contributed by atoms with Crippen molar-refractivity contribution in [2.75, 3.05) is 7.05 Å². The second-order valence-corrected chi connectivity index (χ2v) is 13.1. The summed E-state index contributed by atoms with van der Waals surface area (Å²) in [5.74, 6) is 0.302. The highest BCUT2D eigenvalue weighted by Gasteiger charge is 2.48. The maximum absolute atomic E-state index is 6.60. The van der Waals surface area contributed by atoms with E-state index in [4.69, 9.17) is 16.6 Å². The summed E-state index contributed by atoms with van der Waals surface area (Å²) >= 11 is 5.62. The standard InChI is InChI=1S/C18H29NOSSi/c1-13(20-22(6,7)18(2,3)4)15-16(19(5)17(15)21)14-11-9-8-10-12-14/h8-13,15-16H,1-7H3/t13-,15-,16-/m0/s1. The quantitative estimate of drug-likeness (QED) is 0.566. The Morgan fingerprint density at radius 3 is 2.23 bits per heavy atom. The van der Waals surface area contributed by atoms with Gasteiger partial charge in [-0.15, -0.1) is 0 Å². The summed E-state index contributed by atoms with van der Waals surface area (Å²) in [7, 11) is 0.319. The molecule has 3 atom stereocenters. The first kappa shape index (κ1) is 17.6. The minimum atomic E-state index is -1.77. The molecule has 0 bridgehead atoms. The fourth-order valence-electron chi connectivity index (χ4n) is 2.92. The second-order valence-electron chi connectivity index (χ2n) is 7.91. The van der Waals surface area contributed by atoms with Crippen molar-refractivity contribution in [2.45, 2.75) is 58.0 Å². The van der Waals surface area contributed by atoms with Crippen molar-refractivity contribution in [1.29, 1.82) is 0 Å². The minimum Gasteiger partial charge on any atom is -0.413 e. The number of likely N-dealkylation sites (tertiary alicyclic amines) is 1. The van der Waals surface area contributed by atoms with Gasteiger partial charge in [0.1, 0.15) is 0 Å². The van der Waals surface area contributed by atoms with Gasteiger partial charge in [-0.3, -0.25) is 0 Å². The van der Waals surface area contributed by atoms with E-state index in [2.05, 4.69) is 83.1 Å². The van der Waals surface area contributed by atoms with Crippen LogP contribution in [0.3, 0.4) is 0 Å². The smallest absolute Gasteiger partial charge is 0.192 e. The van der Waals surface area contributed by atoms with E-state index >= 15 is 0 Å². The average molecular weight is 336 g/mol. The minimum absolute atomic E-state index is 0.162. The maximum Gasteiger partial charge on any atom is 0.192 e. The molecule has 0 spiro atoms. The van der Waals surface area contributed by atoms with Gasteiger partial charge >= 0.3 is 0 Å². The van der Waals surface area contributed by atoms with Crippen molar-refractivity contribution in [3.63, 3.8) is 0 Å². The Bertz CT molecular complexity index is 538. The van der Waals surface area contributed by atoms with E-state index in [-0.39, 0.29) is 11.1 Å². The zero-order valence-corrected chi connectivity index (χ0v) is 16.7. The SMILES string of the molecule is C[C@H](O[Si](C)(C)C(C)(C)C)[C@@H]1C(=S)N(C)[C@H]1c1ccccc1. The van der Waals surface area contributed by atoms with Gasteiger partial charge in [-0.05, 0) is 30.6 Å². The summed E-state index contributed by atoms with van der Waals surface area (Å²) in [5.41, 5.74) is 1.33. The van der Waals surface area contributed by atoms with Crippen molar-refractivity contribution in [1.82, 2.24) is 4.90 Å². The number of hydrogen-bond acceptors (Lipinski definition) is 2. The van der Waals surface area contributed by atoms with Crippen molar-refractivity contribution >= 4 is 25.5 Å². The van der Waals surface area contributed by atoms with Crippen LogP contribution in [0.2, 0.25) is 18.1 Å². The van der Waals surface area contributed by atoms with Gasteiger partial charge in [0.2, 0.25) is 0 Å². The fourth-order valence-corrected chi connectivity index (χ4v) is 4.78. The molecule has 1 fully saturated rings. The molecule has 0 amide bonds. The number of hydrogen-bond donors (Lipinski definition) is 0. The Hall–Kier alpha value is -0.713. The molecular weight excluding hydrogens is 306 g/mol. The first-order valence-electron chi connectivity index (χ1n) is 8.06. The molecule has 0 saturated carbocycles. The van der Waals surface area contributed by atoms with Crippen LogP contribution in [0.5, 0.6) is 0 Å². The van der Waals surface area contributed by atoms with Crippen molar-refractivity contribution < 1.29 is 4.43 Å². The van der Waals surface area contributed by atoms with Crippen LogP contribution in [-0.4, -0.2) is 31.4 Å². The molecule has 0 unspecified atom stereocenters. The zero-order chi connectivity index (χ0) is 16.7. The molecule has 1 aromatic rings. The zero-order valence-electron chi connectivity index (χ0n) is 14.9. The summed E-state index contributed by atoms with van der Waals surface area (Å²) in [6.45, 7) is 13.7. The van der Waals surface area contributed by atoms with Gasteiger partial charge in [-0.25, -0.2) is 0 Å². The van der Waals surface area contributed by atoms with E-state index in [0.717, 1.165) is 4.99 Å². The highest BCUT2D eigenvalue weighted by Crippen LogP contribution is 2.45. The Morgan fingerprint density at radius 2 is 1.73 bits per heavy atom. The lowest BCUT2D eigenvalue weighted by Crippen LogP contribution is -2.58. The van der Waals surface area contributed by atoms with Crippen LogP contribution in [0.1, 0.15) is 39.3 Å². The third-order valence-corrected chi connectivity index (χ3v) is 10.5. The molecule has 1 aliphatic heterocycles. The number of nitrogens with zero attached hydrogens (tertiary/aromatic N) is 1. The molecule has 0 N–H and O–H groups in total. The summed E-state index contributed by atoms with van der Waals surface area (Å²) in [6, 6.07) is 11.0. The lowest BCUT2D eigenvalue weighted by Gasteiger charge is -2.52. The molecule has 0 aliphatic carbocycles. The Kier molecular flexibility index (Phi) is 4.86. The van der Waals surface area contributed by atoms with Crippen molar-refractivity contribution in [3.05, 3.63) is 35.9 Å². The van der Waals surface area contributed by atoms with Gasteiger partial charge in [0.15, 0.2) is 8.32 Å². The van der Waals surface area contributed by atoms with Gasteiger partial charge in [-0.2, -0.15) is 0 Å². The van der Waals surface area contributed by atoms with Crippen LogP contribution in [0.4, 0.5) is 0 Å². The molecular formula is C18H29NOSSi. The Morgan fingerprint density at radius 1 is 1.18 bits per heavy atom. The van der Waals surface area contributed by atoms with E-state index < -0.39 is 8.32 Å². The molecule has 0 radical (unpaired) electrons. The molecule has 2 rings (SSSR count). The van der Waals surface area contributed by atoms with Crippen molar-refractivity contribution in [3.8, 4) is 0 Å². The summed E-state index contributed by atoms with van der Waals surface area (Å²) < 4.78 is 6.60. The topological polar surface area (TPSA) is 12.5 Å². The molecule has 4 heteroatoms. The summed E-state index contributed by atoms with van der Waals surface area (Å²) in [6.07, 6.45) is 0.162. The molecule has 122 valence electrons. The van der Waals surface area contributed by atoms with Crippen LogP contribution in [0, 0.1) is 5.92 Å². The van der Waals surface area contributed by atoms with E-state index in [1.807, 2.05) is 0 Å². The largest absolute Gasteiger partial charge is 0.413 e. The molecule has 1 aromatic carbocycles. The number of rotatable bonds is 4. The monoisotopic (exact) mass is 335 g/mol. The lowest BCUT2D eigenvalue weighted by molar-refractivity contribution is 0.0803. The Labute approximate surface area is 142 Å².